The maximum atomic E-state index is 10.1. The van der Waals surface area contributed by atoms with E-state index < -0.39 is 5.97 Å². The molecule has 0 fully saturated rings. The Morgan fingerprint density at radius 2 is 1.93 bits per heavy atom. The van der Waals surface area contributed by atoms with Crippen LogP contribution in [-0.2, 0) is 14.3 Å². The van der Waals surface area contributed by atoms with E-state index in [0.717, 1.165) is 6.08 Å². The number of aliphatic hydroxyl groups is 1. The Kier molecular flexibility index (Phi) is 10.8. The molecule has 0 aromatic carbocycles. The molecule has 0 heterocycles. The van der Waals surface area contributed by atoms with E-state index in [-0.39, 0.29) is 11.5 Å². The van der Waals surface area contributed by atoms with Crippen molar-refractivity contribution in [2.75, 3.05) is 6.61 Å². The number of ether oxygens (including phenoxy) is 1. The summed E-state index contributed by atoms with van der Waals surface area (Å²) in [5.41, 5.74) is 0.0324. The Hall–Kier alpha value is -1.78. The van der Waals surface area contributed by atoms with Crippen molar-refractivity contribution in [1.29, 1.82) is 0 Å². The standard InChI is InChI=1S/C5H8O3.C5H8O2/c1-2-4(3-6)5(7)8;1-3-5(6)7-4-2/h3,6H,2H2,1H3,(H,7,8);3H,1,4H2,2H3. The molecular formula is C10H16O5. The van der Waals surface area contributed by atoms with Crippen molar-refractivity contribution in [3.63, 3.8) is 0 Å². The highest BCUT2D eigenvalue weighted by molar-refractivity contribution is 5.85. The highest BCUT2D eigenvalue weighted by Gasteiger charge is 2.01. The Labute approximate surface area is 88.7 Å². The number of rotatable bonds is 4. The molecule has 5 heteroatoms. The van der Waals surface area contributed by atoms with Crippen LogP contribution in [0.4, 0.5) is 0 Å². The second-order valence-corrected chi connectivity index (χ2v) is 2.27. The molecular weight excluding hydrogens is 200 g/mol. The number of aliphatic carboxylic acids is 1. The Morgan fingerprint density at radius 1 is 1.40 bits per heavy atom. The number of carboxylic acids is 1. The van der Waals surface area contributed by atoms with Gasteiger partial charge in [0, 0.05) is 6.08 Å². The zero-order chi connectivity index (χ0) is 12.3. The van der Waals surface area contributed by atoms with Gasteiger partial charge in [-0.3, -0.25) is 0 Å². The van der Waals surface area contributed by atoms with Crippen LogP contribution >= 0.6 is 0 Å². The fourth-order valence-corrected chi connectivity index (χ4v) is 0.499. The van der Waals surface area contributed by atoms with Crippen molar-refractivity contribution in [3.05, 3.63) is 24.5 Å². The maximum absolute atomic E-state index is 10.1. The Balaban J connectivity index is 0. The van der Waals surface area contributed by atoms with Gasteiger partial charge in [-0.15, -0.1) is 0 Å². The van der Waals surface area contributed by atoms with Crippen LogP contribution in [0, 0.1) is 0 Å². The van der Waals surface area contributed by atoms with Crippen molar-refractivity contribution < 1.29 is 24.5 Å². The smallest absolute Gasteiger partial charge is 0.334 e. The average Bonchev–Trinajstić information content (AvgIpc) is 2.20. The third kappa shape index (κ3) is 10.1. The maximum Gasteiger partial charge on any atom is 0.334 e. The molecule has 0 aliphatic rings. The highest BCUT2D eigenvalue weighted by atomic mass is 16.5. The van der Waals surface area contributed by atoms with Gasteiger partial charge in [-0.2, -0.15) is 0 Å². The van der Waals surface area contributed by atoms with Crippen LogP contribution in [0.15, 0.2) is 24.5 Å². The largest absolute Gasteiger partial charge is 0.515 e. The van der Waals surface area contributed by atoms with Crippen LogP contribution in [0.25, 0.3) is 0 Å². The van der Waals surface area contributed by atoms with Gasteiger partial charge in [0.2, 0.25) is 0 Å². The molecule has 2 N–H and O–H groups in total. The second kappa shape index (κ2) is 10.3. The minimum absolute atomic E-state index is 0.0324. The minimum atomic E-state index is -1.06. The number of hydrogen-bond donors (Lipinski definition) is 2. The van der Waals surface area contributed by atoms with E-state index in [1.165, 1.54) is 0 Å². The van der Waals surface area contributed by atoms with E-state index >= 15 is 0 Å². The number of hydrogen-bond acceptors (Lipinski definition) is 4. The van der Waals surface area contributed by atoms with Crippen LogP contribution in [0.2, 0.25) is 0 Å². The van der Waals surface area contributed by atoms with Crippen LogP contribution in [0.5, 0.6) is 0 Å². The third-order valence-corrected chi connectivity index (χ3v) is 1.26. The van der Waals surface area contributed by atoms with Crippen LogP contribution in [0.3, 0.4) is 0 Å². The fourth-order valence-electron chi connectivity index (χ4n) is 0.499. The normalized spacial score (nSPS) is 9.60. The Morgan fingerprint density at radius 3 is 2.00 bits per heavy atom. The lowest BCUT2D eigenvalue weighted by molar-refractivity contribution is -0.137. The molecule has 0 radical (unpaired) electrons. The third-order valence-electron chi connectivity index (χ3n) is 1.26. The topological polar surface area (TPSA) is 83.8 Å². The SMILES string of the molecule is C=CC(=O)OCC.CCC(=CO)C(=O)O. The molecule has 0 saturated heterocycles. The summed E-state index contributed by atoms with van der Waals surface area (Å²) in [5.74, 6) is -1.42. The summed E-state index contributed by atoms with van der Waals surface area (Å²) in [6.07, 6.45) is 2.11. The van der Waals surface area contributed by atoms with E-state index in [1.54, 1.807) is 13.8 Å². The first-order chi connectivity index (χ1) is 7.03. The summed E-state index contributed by atoms with van der Waals surface area (Å²) in [6, 6.07) is 0. The number of aliphatic hydroxyl groups excluding tert-OH is 1. The van der Waals surface area contributed by atoms with Crippen molar-refractivity contribution in [2.24, 2.45) is 0 Å². The van der Waals surface area contributed by atoms with Crippen LogP contribution in [0.1, 0.15) is 20.3 Å². The predicted molar refractivity (Wildman–Crippen MR) is 55.5 cm³/mol. The van der Waals surface area contributed by atoms with Gasteiger partial charge in [-0.05, 0) is 13.3 Å². The van der Waals surface area contributed by atoms with Gasteiger partial charge in [0.05, 0.1) is 18.4 Å². The Bertz CT molecular complexity index is 242. The van der Waals surface area contributed by atoms with E-state index in [4.69, 9.17) is 10.2 Å². The monoisotopic (exact) mass is 216 g/mol. The second-order valence-electron chi connectivity index (χ2n) is 2.27. The first-order valence-electron chi connectivity index (χ1n) is 4.39. The quantitative estimate of drug-likeness (QED) is 0.424. The predicted octanol–water partition coefficient (Wildman–Crippen LogP) is 1.66. The number of carbonyl (C=O) groups is 2. The van der Waals surface area contributed by atoms with Gasteiger partial charge >= 0.3 is 11.9 Å². The highest BCUT2D eigenvalue weighted by Crippen LogP contribution is 1.96. The molecule has 15 heavy (non-hydrogen) atoms. The van der Waals surface area contributed by atoms with Gasteiger partial charge in [-0.1, -0.05) is 13.5 Å². The van der Waals surface area contributed by atoms with Gasteiger partial charge in [-0.25, -0.2) is 9.59 Å². The van der Waals surface area contributed by atoms with Gasteiger partial charge in [0.15, 0.2) is 0 Å². The molecule has 0 unspecified atom stereocenters. The lowest BCUT2D eigenvalue weighted by Crippen LogP contribution is -1.98. The molecule has 5 nitrogen and oxygen atoms in total. The van der Waals surface area contributed by atoms with Gasteiger partial charge in [0.1, 0.15) is 0 Å². The molecule has 0 bridgehead atoms. The van der Waals surface area contributed by atoms with Crippen molar-refractivity contribution in [2.45, 2.75) is 20.3 Å². The molecule has 0 spiro atoms. The summed E-state index contributed by atoms with van der Waals surface area (Å²) in [6.45, 7) is 7.04. The summed E-state index contributed by atoms with van der Waals surface area (Å²) >= 11 is 0. The summed E-state index contributed by atoms with van der Waals surface area (Å²) in [4.78, 5) is 20.0. The van der Waals surface area contributed by atoms with Crippen molar-refractivity contribution >= 4 is 11.9 Å². The minimum Gasteiger partial charge on any atom is -0.515 e. The number of carbonyl (C=O) groups excluding carboxylic acids is 1. The molecule has 0 saturated carbocycles. The molecule has 0 atom stereocenters. The molecule has 0 aromatic heterocycles. The number of esters is 1. The van der Waals surface area contributed by atoms with Crippen molar-refractivity contribution in [3.8, 4) is 0 Å². The lowest BCUT2D eigenvalue weighted by Gasteiger charge is -1.90. The molecule has 0 aliphatic heterocycles. The molecule has 0 aromatic rings. The fraction of sp³-hybridized carbons (Fsp3) is 0.400. The number of carboxylic acid groups (broad SMARTS) is 1. The van der Waals surface area contributed by atoms with Gasteiger partial charge < -0.3 is 14.9 Å². The first-order valence-corrected chi connectivity index (χ1v) is 4.39. The average molecular weight is 216 g/mol. The van der Waals surface area contributed by atoms with Crippen LogP contribution in [-0.4, -0.2) is 28.8 Å². The lowest BCUT2D eigenvalue weighted by atomic mass is 10.2. The van der Waals surface area contributed by atoms with E-state index in [2.05, 4.69) is 11.3 Å². The molecule has 0 aliphatic carbocycles. The van der Waals surface area contributed by atoms with Crippen LogP contribution < -0.4 is 0 Å². The first kappa shape index (κ1) is 15.7. The van der Waals surface area contributed by atoms with E-state index in [0.29, 0.717) is 19.3 Å². The zero-order valence-electron chi connectivity index (χ0n) is 8.90. The van der Waals surface area contributed by atoms with Gasteiger partial charge in [0.25, 0.3) is 0 Å². The molecule has 0 rings (SSSR count). The van der Waals surface area contributed by atoms with E-state index in [9.17, 15) is 9.59 Å². The van der Waals surface area contributed by atoms with Crippen molar-refractivity contribution in [1.82, 2.24) is 0 Å². The summed E-state index contributed by atoms with van der Waals surface area (Å²) in [7, 11) is 0. The van der Waals surface area contributed by atoms with E-state index in [1.807, 2.05) is 0 Å². The molecule has 86 valence electrons. The summed E-state index contributed by atoms with van der Waals surface area (Å²) < 4.78 is 4.43. The molecule has 0 amide bonds. The zero-order valence-corrected chi connectivity index (χ0v) is 8.90. The summed E-state index contributed by atoms with van der Waals surface area (Å²) in [5, 5.41) is 16.3.